The number of rotatable bonds is 3. The summed E-state index contributed by atoms with van der Waals surface area (Å²) in [6, 6.07) is 10.7. The molecule has 4 heterocycles. The molecule has 4 aromatic rings. The van der Waals surface area contributed by atoms with Gasteiger partial charge in [-0.05, 0) is 34.9 Å². The van der Waals surface area contributed by atoms with Crippen LogP contribution in [0.1, 0.15) is 0 Å². The van der Waals surface area contributed by atoms with Crippen molar-refractivity contribution in [3.8, 4) is 0 Å². The maximum absolute atomic E-state index is 11.4. The Morgan fingerprint density at radius 1 is 1.00 bits per heavy atom. The third-order valence-electron chi connectivity index (χ3n) is 3.12. The van der Waals surface area contributed by atoms with Crippen LogP contribution in [0.4, 0.5) is 5.82 Å². The van der Waals surface area contributed by atoms with E-state index in [4.69, 9.17) is 0 Å². The van der Waals surface area contributed by atoms with Gasteiger partial charge in [0, 0.05) is 12.3 Å². The molecule has 0 aromatic carbocycles. The van der Waals surface area contributed by atoms with Crippen molar-refractivity contribution in [2.45, 2.75) is 10.2 Å². The van der Waals surface area contributed by atoms with Gasteiger partial charge < -0.3 is 10.1 Å². The first-order valence-electron chi connectivity index (χ1n) is 6.33. The van der Waals surface area contributed by atoms with Gasteiger partial charge in [-0.25, -0.2) is 0 Å². The summed E-state index contributed by atoms with van der Waals surface area (Å²) in [4.78, 5) is 15.3. The molecule has 0 atom stereocenters. The third-order valence-corrected chi connectivity index (χ3v) is 4.05. The molecule has 0 radical (unpaired) electrons. The first kappa shape index (κ1) is 12.8. The van der Waals surface area contributed by atoms with E-state index in [1.54, 1.807) is 35.0 Å². The van der Waals surface area contributed by atoms with Crippen molar-refractivity contribution in [1.82, 2.24) is 24.0 Å². The highest BCUT2D eigenvalue weighted by molar-refractivity contribution is 7.99. The second kappa shape index (κ2) is 4.81. The van der Waals surface area contributed by atoms with Crippen molar-refractivity contribution in [3.05, 3.63) is 58.9 Å². The van der Waals surface area contributed by atoms with Crippen LogP contribution in [-0.4, -0.2) is 28.9 Å². The summed E-state index contributed by atoms with van der Waals surface area (Å²) in [6.45, 7) is 0. The van der Waals surface area contributed by atoms with E-state index < -0.39 is 4.92 Å². The van der Waals surface area contributed by atoms with E-state index in [2.05, 4.69) is 15.2 Å². The van der Waals surface area contributed by atoms with Crippen molar-refractivity contribution >= 4 is 28.9 Å². The Morgan fingerprint density at radius 3 is 2.50 bits per heavy atom. The quantitative estimate of drug-likeness (QED) is 0.426. The number of aromatic nitrogens is 5. The summed E-state index contributed by atoms with van der Waals surface area (Å²) < 4.78 is 3.21. The largest absolute Gasteiger partial charge is 0.362 e. The van der Waals surface area contributed by atoms with Crippen LogP contribution in [-0.2, 0) is 0 Å². The molecule has 0 unspecified atom stereocenters. The highest BCUT2D eigenvalue weighted by Gasteiger charge is 2.24. The van der Waals surface area contributed by atoms with Crippen molar-refractivity contribution in [2.24, 2.45) is 0 Å². The first-order valence-corrected chi connectivity index (χ1v) is 7.15. The van der Waals surface area contributed by atoms with E-state index in [-0.39, 0.29) is 10.8 Å². The second-order valence-electron chi connectivity index (χ2n) is 4.44. The van der Waals surface area contributed by atoms with Crippen molar-refractivity contribution < 1.29 is 4.92 Å². The fourth-order valence-corrected chi connectivity index (χ4v) is 3.08. The van der Waals surface area contributed by atoms with E-state index in [0.717, 1.165) is 11.8 Å². The van der Waals surface area contributed by atoms with E-state index in [1.807, 2.05) is 18.2 Å². The fraction of sp³-hybridized carbons (Fsp3) is 0. The molecule has 4 rings (SSSR count). The summed E-state index contributed by atoms with van der Waals surface area (Å²) in [5.74, 6) is -0.0757. The smallest absolute Gasteiger partial charge is 0.358 e. The van der Waals surface area contributed by atoms with Crippen LogP contribution < -0.4 is 0 Å². The maximum Gasteiger partial charge on any atom is 0.362 e. The molecule has 0 amide bonds. The van der Waals surface area contributed by atoms with Crippen LogP contribution in [0.5, 0.6) is 0 Å². The molecule has 8 nitrogen and oxygen atoms in total. The number of hydrogen-bond donors (Lipinski definition) is 0. The van der Waals surface area contributed by atoms with Gasteiger partial charge in [-0.2, -0.15) is 9.38 Å². The van der Waals surface area contributed by atoms with Gasteiger partial charge in [0.1, 0.15) is 0 Å². The molecule has 0 aliphatic rings. The highest BCUT2D eigenvalue weighted by atomic mass is 32.2. The Hall–Kier alpha value is -2.94. The minimum Gasteiger partial charge on any atom is -0.358 e. The van der Waals surface area contributed by atoms with Crippen LogP contribution in [0.3, 0.4) is 0 Å². The zero-order valence-corrected chi connectivity index (χ0v) is 11.8. The number of nitrogens with zero attached hydrogens (tertiary/aromatic N) is 6. The maximum atomic E-state index is 11.4. The minimum atomic E-state index is -0.439. The van der Waals surface area contributed by atoms with Crippen molar-refractivity contribution in [1.29, 1.82) is 0 Å². The van der Waals surface area contributed by atoms with Crippen LogP contribution in [0.2, 0.25) is 0 Å². The predicted molar refractivity (Wildman–Crippen MR) is 79.0 cm³/mol. The molecule has 9 heteroatoms. The molecule has 0 bridgehead atoms. The van der Waals surface area contributed by atoms with Gasteiger partial charge in [0.25, 0.3) is 0 Å². The highest BCUT2D eigenvalue weighted by Crippen LogP contribution is 2.33. The molecule has 0 saturated carbocycles. The average molecular weight is 312 g/mol. The minimum absolute atomic E-state index is 0.0757. The molecule has 108 valence electrons. The number of imidazole rings is 1. The van der Waals surface area contributed by atoms with E-state index in [9.17, 15) is 10.1 Å². The van der Waals surface area contributed by atoms with Crippen LogP contribution in [0, 0.1) is 10.1 Å². The van der Waals surface area contributed by atoms with Crippen LogP contribution in [0.25, 0.3) is 11.3 Å². The Labute approximate surface area is 127 Å². The van der Waals surface area contributed by atoms with Crippen LogP contribution >= 0.6 is 11.8 Å². The lowest BCUT2D eigenvalue weighted by Gasteiger charge is -1.98. The second-order valence-corrected chi connectivity index (χ2v) is 5.40. The zero-order valence-electron chi connectivity index (χ0n) is 11.0. The van der Waals surface area contributed by atoms with E-state index in [0.29, 0.717) is 16.5 Å². The number of nitro groups is 1. The fourth-order valence-electron chi connectivity index (χ4n) is 2.17. The summed E-state index contributed by atoms with van der Waals surface area (Å²) >= 11 is 1.12. The normalized spacial score (nSPS) is 11.3. The average Bonchev–Trinajstić information content (AvgIpc) is 3.09. The van der Waals surface area contributed by atoms with Gasteiger partial charge in [-0.1, -0.05) is 12.1 Å². The predicted octanol–water partition coefficient (Wildman–Crippen LogP) is 2.44. The summed E-state index contributed by atoms with van der Waals surface area (Å²) in [6.07, 6.45) is 3.42. The number of hydrogen-bond acceptors (Lipinski definition) is 6. The SMILES string of the molecule is O=[N+]([O-])c1c(Sc2nnc3ccccn23)nc2ccccn12. The summed E-state index contributed by atoms with van der Waals surface area (Å²) in [5.41, 5.74) is 1.20. The Kier molecular flexibility index (Phi) is 2.79. The van der Waals surface area contributed by atoms with Gasteiger partial charge in [-0.15, -0.1) is 10.2 Å². The zero-order chi connectivity index (χ0) is 15.1. The standard InChI is InChI=1S/C13H8N6O2S/c20-19(21)12-11(14-9-5-1-3-7-17(9)12)22-13-16-15-10-6-2-4-8-18(10)13/h1-8H. The number of pyridine rings is 2. The molecule has 0 aliphatic heterocycles. The van der Waals surface area contributed by atoms with E-state index >= 15 is 0 Å². The van der Waals surface area contributed by atoms with Gasteiger partial charge in [0.15, 0.2) is 5.65 Å². The third kappa shape index (κ3) is 1.91. The molecule has 0 spiro atoms. The molecule has 0 saturated heterocycles. The Balaban J connectivity index is 1.87. The lowest BCUT2D eigenvalue weighted by Crippen LogP contribution is -1.95. The lowest BCUT2D eigenvalue weighted by molar-refractivity contribution is -0.393. The lowest BCUT2D eigenvalue weighted by atomic mass is 10.5. The summed E-state index contributed by atoms with van der Waals surface area (Å²) in [7, 11) is 0. The van der Waals surface area contributed by atoms with Crippen molar-refractivity contribution in [3.63, 3.8) is 0 Å². The first-order chi connectivity index (χ1) is 10.7. The molecular formula is C13H8N6O2S. The molecular weight excluding hydrogens is 304 g/mol. The summed E-state index contributed by atoms with van der Waals surface area (Å²) in [5, 5.41) is 20.3. The monoisotopic (exact) mass is 312 g/mol. The van der Waals surface area contributed by atoms with Gasteiger partial charge in [0.05, 0.1) is 6.20 Å². The molecule has 4 aromatic heterocycles. The molecule has 0 N–H and O–H groups in total. The van der Waals surface area contributed by atoms with E-state index in [1.165, 1.54) is 4.40 Å². The molecule has 0 fully saturated rings. The molecule has 0 aliphatic carbocycles. The Bertz CT molecular complexity index is 1010. The van der Waals surface area contributed by atoms with Gasteiger partial charge >= 0.3 is 5.82 Å². The number of fused-ring (bicyclic) bond motifs is 2. The van der Waals surface area contributed by atoms with Crippen molar-refractivity contribution in [2.75, 3.05) is 0 Å². The van der Waals surface area contributed by atoms with Crippen LogP contribution in [0.15, 0.2) is 59.0 Å². The van der Waals surface area contributed by atoms with Gasteiger partial charge in [0.2, 0.25) is 15.8 Å². The topological polar surface area (TPSA) is 90.6 Å². The molecule has 22 heavy (non-hydrogen) atoms. The Morgan fingerprint density at radius 2 is 1.73 bits per heavy atom. The van der Waals surface area contributed by atoms with Gasteiger partial charge in [-0.3, -0.25) is 4.40 Å².